The molecule has 0 spiro atoms. The Balaban J connectivity index is 0.000000201. The van der Waals surface area contributed by atoms with E-state index in [2.05, 4.69) is 0 Å². The Hall–Kier alpha value is -7.30. The predicted octanol–water partition coefficient (Wildman–Crippen LogP) is 9.38. The Bertz CT molecular complexity index is 2730. The average Bonchev–Trinajstić information content (AvgIpc) is 3.80. The Morgan fingerprint density at radius 2 is 0.750 bits per heavy atom. The van der Waals surface area contributed by atoms with E-state index in [1.165, 1.54) is 34.1 Å². The molecule has 4 atom stereocenters. The summed E-state index contributed by atoms with van der Waals surface area (Å²) in [5, 5.41) is 0. The standard InChI is InChI=1S/2C26H26N2O5S/c2*1-3-33-24(29)18-23-25(20-10-6-4-7-11-20)27(21-12-8-5-9-13-21)26(30)28(23)34(31,32)22-16-14-19(2)15-17-22/h2*4-17,23,25H,3,18H2,1-2H3/t2*23-,25-/m11/s1. The molecular formula is C52H52N4O10S2. The van der Waals surface area contributed by atoms with Crippen molar-refractivity contribution in [1.82, 2.24) is 8.61 Å². The fraction of sp³-hybridized carbons (Fsp3) is 0.231. The number of hydrogen-bond donors (Lipinski definition) is 0. The van der Waals surface area contributed by atoms with Gasteiger partial charge in [0.05, 0.1) is 60.0 Å². The van der Waals surface area contributed by atoms with Gasteiger partial charge in [-0.05, 0) is 87.4 Å². The first-order valence-electron chi connectivity index (χ1n) is 22.1. The lowest BCUT2D eigenvalue weighted by atomic mass is 9.97. The molecule has 0 aromatic heterocycles. The van der Waals surface area contributed by atoms with Gasteiger partial charge in [0.1, 0.15) is 0 Å². The van der Waals surface area contributed by atoms with Gasteiger partial charge in [-0.1, -0.05) is 132 Å². The van der Waals surface area contributed by atoms with E-state index < -0.39 is 68.2 Å². The van der Waals surface area contributed by atoms with Gasteiger partial charge in [0.2, 0.25) is 0 Å². The van der Waals surface area contributed by atoms with Crippen LogP contribution < -0.4 is 9.80 Å². The molecule has 2 heterocycles. The van der Waals surface area contributed by atoms with Crippen LogP contribution in [0.3, 0.4) is 0 Å². The molecule has 2 aliphatic rings. The number of aryl methyl sites for hydroxylation is 2. The van der Waals surface area contributed by atoms with Crippen LogP contribution >= 0.6 is 0 Å². The summed E-state index contributed by atoms with van der Waals surface area (Å²) in [5.74, 6) is -1.14. The number of hydrogen-bond acceptors (Lipinski definition) is 10. The molecule has 0 N–H and O–H groups in total. The molecule has 6 aromatic rings. The fourth-order valence-corrected chi connectivity index (χ4v) is 11.6. The zero-order valence-corrected chi connectivity index (χ0v) is 39.6. The van der Waals surface area contributed by atoms with E-state index in [1.54, 1.807) is 86.6 Å². The first-order chi connectivity index (χ1) is 32.7. The predicted molar refractivity (Wildman–Crippen MR) is 257 cm³/mol. The third kappa shape index (κ3) is 10.2. The number of esters is 2. The van der Waals surface area contributed by atoms with Crippen LogP contribution in [0.4, 0.5) is 21.0 Å². The topological polar surface area (TPSA) is 168 Å². The van der Waals surface area contributed by atoms with Crippen LogP contribution in [0.2, 0.25) is 0 Å². The molecule has 68 heavy (non-hydrogen) atoms. The van der Waals surface area contributed by atoms with Crippen molar-refractivity contribution < 1.29 is 45.5 Å². The number of urea groups is 2. The minimum Gasteiger partial charge on any atom is -0.466 e. The number of carbonyl (C=O) groups excluding carboxylic acids is 4. The van der Waals surface area contributed by atoms with E-state index in [0.717, 1.165) is 30.9 Å². The second kappa shape index (κ2) is 21.1. The van der Waals surface area contributed by atoms with Crippen molar-refractivity contribution in [3.63, 3.8) is 0 Å². The van der Waals surface area contributed by atoms with E-state index >= 15 is 0 Å². The normalized spacial score (nSPS) is 18.2. The molecule has 0 saturated carbocycles. The molecule has 2 aliphatic heterocycles. The largest absolute Gasteiger partial charge is 0.466 e. The van der Waals surface area contributed by atoms with E-state index in [9.17, 15) is 36.0 Å². The van der Waals surface area contributed by atoms with Gasteiger partial charge < -0.3 is 9.47 Å². The highest BCUT2D eigenvalue weighted by atomic mass is 32.2. The summed E-state index contributed by atoms with van der Waals surface area (Å²) in [5.41, 5.74) is 4.30. The molecular weight excluding hydrogens is 905 g/mol. The van der Waals surface area contributed by atoms with Crippen LogP contribution in [-0.4, -0.2) is 74.7 Å². The Kier molecular flexibility index (Phi) is 15.1. The number of benzene rings is 6. The van der Waals surface area contributed by atoms with E-state index in [1.807, 2.05) is 86.6 Å². The monoisotopic (exact) mass is 956 g/mol. The second-order valence-electron chi connectivity index (χ2n) is 16.1. The van der Waals surface area contributed by atoms with Crippen molar-refractivity contribution in [3.8, 4) is 0 Å². The van der Waals surface area contributed by atoms with Crippen LogP contribution in [0.25, 0.3) is 0 Å². The van der Waals surface area contributed by atoms with Gasteiger partial charge >= 0.3 is 24.0 Å². The third-order valence-electron chi connectivity index (χ3n) is 11.5. The number of ether oxygens (including phenoxy) is 2. The molecule has 0 unspecified atom stereocenters. The number of carbonyl (C=O) groups is 4. The molecule has 8 rings (SSSR count). The highest BCUT2D eigenvalue weighted by Crippen LogP contribution is 2.45. The molecule has 0 radical (unpaired) electrons. The summed E-state index contributed by atoms with van der Waals surface area (Å²) < 4.78 is 67.1. The Morgan fingerprint density at radius 3 is 1.04 bits per heavy atom. The number of sulfonamides is 2. The highest BCUT2D eigenvalue weighted by molar-refractivity contribution is 7.90. The molecule has 14 nitrogen and oxygen atoms in total. The second-order valence-corrected chi connectivity index (χ2v) is 19.7. The van der Waals surface area contributed by atoms with E-state index in [-0.39, 0.29) is 35.8 Å². The van der Waals surface area contributed by atoms with Gasteiger partial charge in [0.15, 0.2) is 0 Å². The number of anilines is 2. The summed E-state index contributed by atoms with van der Waals surface area (Å²) in [7, 11) is -8.52. The maximum absolute atomic E-state index is 13.8. The number of rotatable bonds is 14. The third-order valence-corrected chi connectivity index (χ3v) is 15.2. The molecule has 4 amide bonds. The minimum atomic E-state index is -4.26. The lowest BCUT2D eigenvalue weighted by molar-refractivity contribution is -0.145. The summed E-state index contributed by atoms with van der Waals surface area (Å²) in [6.07, 6.45) is -0.541. The van der Waals surface area contributed by atoms with Crippen LogP contribution in [0.15, 0.2) is 180 Å². The molecule has 16 heteroatoms. The molecule has 6 aromatic carbocycles. The molecule has 2 saturated heterocycles. The molecule has 352 valence electrons. The number of para-hydroxylation sites is 2. The van der Waals surface area contributed by atoms with Gasteiger partial charge in [0, 0.05) is 11.4 Å². The van der Waals surface area contributed by atoms with Gasteiger partial charge in [-0.2, -0.15) is 0 Å². The van der Waals surface area contributed by atoms with Gasteiger partial charge in [0.25, 0.3) is 20.0 Å². The van der Waals surface area contributed by atoms with Crippen molar-refractivity contribution in [2.45, 2.75) is 74.5 Å². The van der Waals surface area contributed by atoms with Crippen LogP contribution in [0, 0.1) is 13.8 Å². The van der Waals surface area contributed by atoms with E-state index in [0.29, 0.717) is 11.4 Å². The zero-order chi connectivity index (χ0) is 48.6. The highest BCUT2D eigenvalue weighted by Gasteiger charge is 2.55. The Morgan fingerprint density at radius 1 is 0.456 bits per heavy atom. The molecule has 2 fully saturated rings. The SMILES string of the molecule is CCOC(=O)C[C@@H]1[C@@H](c2ccccc2)N(c2ccccc2)C(=O)N1S(=O)(=O)c1ccc(C)cc1.CCOC(=O)C[C@@H]1[C@@H](c2ccccc2)N(c2ccccc2)C(=O)N1S(=O)(=O)c1ccc(C)cc1. The molecule has 0 aliphatic carbocycles. The first-order valence-corrected chi connectivity index (χ1v) is 25.0. The zero-order valence-electron chi connectivity index (χ0n) is 38.0. The average molecular weight is 957 g/mol. The maximum atomic E-state index is 13.8. The Labute approximate surface area is 397 Å². The van der Waals surface area contributed by atoms with Crippen molar-refractivity contribution in [2.24, 2.45) is 0 Å². The summed E-state index contributed by atoms with van der Waals surface area (Å²) in [4.78, 5) is 55.8. The lowest BCUT2D eigenvalue weighted by Gasteiger charge is -2.27. The van der Waals surface area contributed by atoms with Crippen LogP contribution in [-0.2, 0) is 39.1 Å². The number of amides is 4. The lowest BCUT2D eigenvalue weighted by Crippen LogP contribution is -2.41. The number of nitrogens with zero attached hydrogens (tertiary/aromatic N) is 4. The van der Waals surface area contributed by atoms with Gasteiger partial charge in [-0.3, -0.25) is 19.4 Å². The van der Waals surface area contributed by atoms with Gasteiger partial charge in [-0.25, -0.2) is 35.0 Å². The van der Waals surface area contributed by atoms with Crippen molar-refractivity contribution in [2.75, 3.05) is 23.0 Å². The summed E-state index contributed by atoms with van der Waals surface area (Å²) >= 11 is 0. The molecule has 0 bridgehead atoms. The first kappa shape index (κ1) is 48.6. The summed E-state index contributed by atoms with van der Waals surface area (Å²) in [6.45, 7) is 7.38. The summed E-state index contributed by atoms with van der Waals surface area (Å²) in [6, 6.07) is 43.8. The minimum absolute atomic E-state index is 0.0120. The van der Waals surface area contributed by atoms with Gasteiger partial charge in [-0.15, -0.1) is 0 Å². The maximum Gasteiger partial charge on any atom is 0.339 e. The fourth-order valence-electron chi connectivity index (χ4n) is 8.48. The van der Waals surface area contributed by atoms with E-state index in [4.69, 9.17) is 9.47 Å². The smallest absolute Gasteiger partial charge is 0.339 e. The van der Waals surface area contributed by atoms with Crippen LogP contribution in [0.1, 0.15) is 61.0 Å². The van der Waals surface area contributed by atoms with Crippen molar-refractivity contribution in [1.29, 1.82) is 0 Å². The van der Waals surface area contributed by atoms with Crippen molar-refractivity contribution >= 4 is 55.4 Å². The van der Waals surface area contributed by atoms with Crippen molar-refractivity contribution in [3.05, 3.63) is 192 Å². The van der Waals surface area contributed by atoms with Crippen LogP contribution in [0.5, 0.6) is 0 Å². The quantitative estimate of drug-likeness (QED) is 0.0960.